The Bertz CT molecular complexity index is 2040. The molecule has 170 valence electrons. The molecule has 0 atom stereocenters. The third kappa shape index (κ3) is 3.63. The maximum Gasteiger partial charge on any atom is 0.144 e. The SMILES string of the molecule is [2H]C([2H])([2H])c1cc(C([2H])([2H])[2H])c2oc3c(-c4cc(-c5c(C)cc(-c6ccccc6)cc5C([2H])([2H])[2H])ccn4)cccc3c2c1. The van der Waals surface area contributed by atoms with E-state index in [-0.39, 0.29) is 22.3 Å². The van der Waals surface area contributed by atoms with E-state index in [1.165, 1.54) is 12.1 Å². The number of fused-ring (bicyclic) bond motifs is 3. The Morgan fingerprint density at radius 3 is 2.34 bits per heavy atom. The van der Waals surface area contributed by atoms with Gasteiger partial charge in [-0.05, 0) is 96.3 Å². The van der Waals surface area contributed by atoms with Gasteiger partial charge in [-0.25, -0.2) is 0 Å². The normalized spacial score (nSPS) is 16.3. The first-order chi connectivity index (χ1) is 20.6. The Morgan fingerprint density at radius 2 is 1.51 bits per heavy atom. The first-order valence-corrected chi connectivity index (χ1v) is 11.3. The Kier molecular flexibility index (Phi) is 3.22. The van der Waals surface area contributed by atoms with Gasteiger partial charge in [0, 0.05) is 34.9 Å². The molecule has 0 saturated carbocycles. The van der Waals surface area contributed by atoms with Gasteiger partial charge in [0.05, 0.1) is 5.69 Å². The standard InChI is InChI=1S/C33H27NO/c1-20-15-23(4)32-29(16-20)27-11-8-12-28(33(27)35-32)30-19-25(13-14-34-30)31-21(2)17-26(18-22(31)3)24-9-6-5-7-10-24/h5-19H,1-4H3/i1D3,2D3,4D3. The van der Waals surface area contributed by atoms with Crippen LogP contribution < -0.4 is 0 Å². The maximum atomic E-state index is 8.35. The van der Waals surface area contributed by atoms with Crippen LogP contribution in [-0.2, 0) is 0 Å². The zero-order chi connectivity index (χ0) is 31.6. The summed E-state index contributed by atoms with van der Waals surface area (Å²) < 4.78 is 79.2. The second-order valence-corrected chi connectivity index (χ2v) is 8.70. The molecule has 2 heteroatoms. The van der Waals surface area contributed by atoms with Crippen LogP contribution in [0, 0.1) is 27.5 Å². The molecule has 2 nitrogen and oxygen atoms in total. The zero-order valence-electron chi connectivity index (χ0n) is 28.0. The summed E-state index contributed by atoms with van der Waals surface area (Å²) in [5.41, 5.74) is 5.18. The molecule has 4 aromatic carbocycles. The fourth-order valence-corrected chi connectivity index (χ4v) is 4.80. The van der Waals surface area contributed by atoms with Crippen molar-refractivity contribution in [3.8, 4) is 33.5 Å². The number of benzene rings is 4. The van der Waals surface area contributed by atoms with Crippen molar-refractivity contribution in [2.45, 2.75) is 27.5 Å². The van der Waals surface area contributed by atoms with Crippen LogP contribution >= 0.6 is 0 Å². The van der Waals surface area contributed by atoms with E-state index in [1.54, 1.807) is 42.6 Å². The minimum Gasteiger partial charge on any atom is -0.455 e. The summed E-state index contributed by atoms with van der Waals surface area (Å²) >= 11 is 0. The third-order valence-electron chi connectivity index (χ3n) is 6.37. The van der Waals surface area contributed by atoms with E-state index in [1.807, 2.05) is 43.3 Å². The molecule has 0 aliphatic carbocycles. The van der Waals surface area contributed by atoms with Gasteiger partial charge in [-0.3, -0.25) is 4.98 Å². The highest BCUT2D eigenvalue weighted by Crippen LogP contribution is 2.38. The van der Waals surface area contributed by atoms with Crippen LogP contribution in [0.1, 0.15) is 34.6 Å². The van der Waals surface area contributed by atoms with E-state index in [4.69, 9.17) is 16.8 Å². The molecule has 2 aromatic heterocycles. The van der Waals surface area contributed by atoms with Crippen LogP contribution in [0.5, 0.6) is 0 Å². The number of aromatic nitrogens is 1. The summed E-state index contributed by atoms with van der Waals surface area (Å²) in [5.74, 6) is 0. The minimum absolute atomic E-state index is 0.0871. The molecule has 0 amide bonds. The Balaban J connectivity index is 1.56. The number of hydrogen-bond donors (Lipinski definition) is 0. The van der Waals surface area contributed by atoms with Crippen molar-refractivity contribution in [3.05, 3.63) is 113 Å². The van der Waals surface area contributed by atoms with Crippen molar-refractivity contribution >= 4 is 21.9 Å². The average molecular weight is 463 g/mol. The van der Waals surface area contributed by atoms with Gasteiger partial charge in [-0.15, -0.1) is 0 Å². The second-order valence-electron chi connectivity index (χ2n) is 8.70. The molecule has 0 aliphatic heterocycles. The summed E-state index contributed by atoms with van der Waals surface area (Å²) in [4.78, 5) is 4.57. The molecule has 0 radical (unpaired) electrons. The van der Waals surface area contributed by atoms with Crippen LogP contribution in [0.15, 0.2) is 95.5 Å². The predicted octanol–water partition coefficient (Wildman–Crippen LogP) is 9.22. The topological polar surface area (TPSA) is 26.0 Å². The van der Waals surface area contributed by atoms with E-state index in [0.29, 0.717) is 38.7 Å². The van der Waals surface area contributed by atoms with Gasteiger partial charge in [0.2, 0.25) is 0 Å². The summed E-state index contributed by atoms with van der Waals surface area (Å²) in [6, 6.07) is 24.8. The first-order valence-electron chi connectivity index (χ1n) is 15.8. The van der Waals surface area contributed by atoms with E-state index < -0.39 is 20.6 Å². The van der Waals surface area contributed by atoms with Crippen LogP contribution in [-0.4, -0.2) is 4.98 Å². The quantitative estimate of drug-likeness (QED) is 0.262. The number of furan rings is 1. The number of nitrogens with zero attached hydrogens (tertiary/aromatic N) is 1. The van der Waals surface area contributed by atoms with E-state index in [0.717, 1.165) is 16.7 Å². The van der Waals surface area contributed by atoms with Gasteiger partial charge in [0.25, 0.3) is 0 Å². The lowest BCUT2D eigenvalue weighted by Crippen LogP contribution is -1.92. The number of hydrogen-bond acceptors (Lipinski definition) is 2. The van der Waals surface area contributed by atoms with Crippen molar-refractivity contribution < 1.29 is 16.8 Å². The lowest BCUT2D eigenvalue weighted by Gasteiger charge is -2.14. The van der Waals surface area contributed by atoms with Crippen molar-refractivity contribution in [2.24, 2.45) is 0 Å². The highest BCUT2D eigenvalue weighted by molar-refractivity contribution is 6.10. The van der Waals surface area contributed by atoms with Crippen molar-refractivity contribution in [2.75, 3.05) is 0 Å². The molecule has 0 unspecified atom stereocenters. The highest BCUT2D eigenvalue weighted by Gasteiger charge is 2.16. The summed E-state index contributed by atoms with van der Waals surface area (Å²) in [6.45, 7) is -5.63. The molecule has 0 saturated heterocycles. The second kappa shape index (κ2) is 8.25. The minimum atomic E-state index is -2.61. The molecule has 6 rings (SSSR count). The Morgan fingerprint density at radius 1 is 0.657 bits per heavy atom. The largest absolute Gasteiger partial charge is 0.455 e. The molecule has 0 fully saturated rings. The van der Waals surface area contributed by atoms with Crippen molar-refractivity contribution in [1.29, 1.82) is 0 Å². The molecule has 0 aliphatic rings. The molecule has 0 N–H and O–H groups in total. The van der Waals surface area contributed by atoms with Crippen LogP contribution in [0.3, 0.4) is 0 Å². The lowest BCUT2D eigenvalue weighted by molar-refractivity contribution is 0.666. The number of para-hydroxylation sites is 1. The van der Waals surface area contributed by atoms with Crippen molar-refractivity contribution in [3.63, 3.8) is 0 Å². The van der Waals surface area contributed by atoms with Gasteiger partial charge >= 0.3 is 0 Å². The lowest BCUT2D eigenvalue weighted by atomic mass is 9.91. The molecule has 0 spiro atoms. The molecule has 35 heavy (non-hydrogen) atoms. The van der Waals surface area contributed by atoms with Gasteiger partial charge in [0.15, 0.2) is 0 Å². The summed E-state index contributed by atoms with van der Waals surface area (Å²) in [5, 5.41) is 0.933. The van der Waals surface area contributed by atoms with Gasteiger partial charge in [-0.2, -0.15) is 0 Å². The van der Waals surface area contributed by atoms with Gasteiger partial charge in [0.1, 0.15) is 11.2 Å². The van der Waals surface area contributed by atoms with E-state index >= 15 is 0 Å². The molecular formula is C33H27NO. The molecular weight excluding hydrogens is 426 g/mol. The zero-order valence-corrected chi connectivity index (χ0v) is 19.0. The van der Waals surface area contributed by atoms with Crippen molar-refractivity contribution in [1.82, 2.24) is 4.98 Å². The smallest absolute Gasteiger partial charge is 0.144 e. The monoisotopic (exact) mass is 462 g/mol. The Labute approximate surface area is 218 Å². The fraction of sp³-hybridized carbons (Fsp3) is 0.121. The highest BCUT2D eigenvalue weighted by atomic mass is 16.3. The fourth-order valence-electron chi connectivity index (χ4n) is 4.80. The number of pyridine rings is 1. The van der Waals surface area contributed by atoms with Gasteiger partial charge in [-0.1, -0.05) is 60.7 Å². The summed E-state index contributed by atoms with van der Waals surface area (Å²) in [7, 11) is 0. The molecule has 2 heterocycles. The Hall–Kier alpha value is -4.17. The number of rotatable bonds is 3. The third-order valence-corrected chi connectivity index (χ3v) is 6.37. The summed E-state index contributed by atoms with van der Waals surface area (Å²) in [6.07, 6.45) is 1.60. The molecule has 0 bridgehead atoms. The van der Waals surface area contributed by atoms with E-state index in [2.05, 4.69) is 4.98 Å². The van der Waals surface area contributed by atoms with Crippen LogP contribution in [0.25, 0.3) is 55.4 Å². The average Bonchev–Trinajstić information content (AvgIpc) is 3.34. The van der Waals surface area contributed by atoms with Crippen LogP contribution in [0.2, 0.25) is 0 Å². The first kappa shape index (κ1) is 13.7. The number of aryl methyl sites for hydroxylation is 4. The van der Waals surface area contributed by atoms with Gasteiger partial charge < -0.3 is 4.42 Å². The molecule has 6 aromatic rings. The van der Waals surface area contributed by atoms with Crippen LogP contribution in [0.4, 0.5) is 0 Å². The maximum absolute atomic E-state index is 8.35. The predicted molar refractivity (Wildman–Crippen MR) is 147 cm³/mol. The van der Waals surface area contributed by atoms with E-state index in [9.17, 15) is 0 Å².